The first-order valence-corrected chi connectivity index (χ1v) is 8.17. The maximum Gasteiger partial charge on any atom is 0.250 e. The van der Waals surface area contributed by atoms with E-state index in [1.807, 2.05) is 12.1 Å². The maximum absolute atomic E-state index is 11.9. The van der Waals surface area contributed by atoms with E-state index in [9.17, 15) is 8.42 Å². The van der Waals surface area contributed by atoms with Gasteiger partial charge in [-0.05, 0) is 29.8 Å². The molecular weight excluding hydrogens is 306 g/mol. The molecule has 19 heavy (non-hydrogen) atoms. The molecule has 1 heterocycles. The second-order valence-corrected chi connectivity index (χ2v) is 7.26. The standard InChI is InChI=1S/C12H12ClNO3S2/c13-10-3-1-9(2-4-10)11-5-6-12(18-11)19(16,17)14-7-8-15/h1-6,14-15H,7-8H2. The SMILES string of the molecule is O=S(=O)(NCCO)c1ccc(-c2ccc(Cl)cc2)s1. The van der Waals surface area contributed by atoms with Gasteiger partial charge in [0.25, 0.3) is 0 Å². The number of hydrogen-bond donors (Lipinski definition) is 2. The molecule has 2 N–H and O–H groups in total. The smallest absolute Gasteiger partial charge is 0.250 e. The Bertz CT molecular complexity index is 650. The van der Waals surface area contributed by atoms with E-state index < -0.39 is 10.0 Å². The van der Waals surface area contributed by atoms with Crippen LogP contribution in [0.4, 0.5) is 0 Å². The summed E-state index contributed by atoms with van der Waals surface area (Å²) < 4.78 is 26.3. The highest BCUT2D eigenvalue weighted by molar-refractivity contribution is 7.91. The van der Waals surface area contributed by atoms with Crippen LogP contribution in [0.15, 0.2) is 40.6 Å². The fourth-order valence-electron chi connectivity index (χ4n) is 1.49. The Morgan fingerprint density at radius 1 is 1.16 bits per heavy atom. The van der Waals surface area contributed by atoms with E-state index in [-0.39, 0.29) is 17.4 Å². The van der Waals surface area contributed by atoms with Crippen molar-refractivity contribution < 1.29 is 13.5 Å². The van der Waals surface area contributed by atoms with Crippen LogP contribution in [-0.2, 0) is 10.0 Å². The van der Waals surface area contributed by atoms with E-state index in [0.29, 0.717) is 5.02 Å². The number of sulfonamides is 1. The second-order valence-electron chi connectivity index (χ2n) is 3.75. The summed E-state index contributed by atoms with van der Waals surface area (Å²) >= 11 is 6.98. The Balaban J connectivity index is 2.26. The number of rotatable bonds is 5. The van der Waals surface area contributed by atoms with Crippen molar-refractivity contribution in [3.8, 4) is 10.4 Å². The van der Waals surface area contributed by atoms with Gasteiger partial charge in [0, 0.05) is 16.4 Å². The van der Waals surface area contributed by atoms with Crippen molar-refractivity contribution in [3.63, 3.8) is 0 Å². The predicted octanol–water partition coefficient (Wildman–Crippen LogP) is 2.34. The molecule has 0 aliphatic heterocycles. The molecule has 0 saturated heterocycles. The van der Waals surface area contributed by atoms with Gasteiger partial charge in [0.05, 0.1) is 6.61 Å². The van der Waals surface area contributed by atoms with Crippen LogP contribution in [0.3, 0.4) is 0 Å². The summed E-state index contributed by atoms with van der Waals surface area (Å²) in [5, 5.41) is 9.29. The van der Waals surface area contributed by atoms with Crippen LogP contribution >= 0.6 is 22.9 Å². The zero-order valence-electron chi connectivity index (χ0n) is 9.84. The third-order valence-corrected chi connectivity index (χ3v) is 5.72. The zero-order valence-corrected chi connectivity index (χ0v) is 12.2. The van der Waals surface area contributed by atoms with Crippen molar-refractivity contribution in [2.45, 2.75) is 4.21 Å². The van der Waals surface area contributed by atoms with Crippen LogP contribution in [0.25, 0.3) is 10.4 Å². The molecule has 0 spiro atoms. The Hall–Kier alpha value is -0.920. The highest BCUT2D eigenvalue weighted by Crippen LogP contribution is 2.31. The average Bonchev–Trinajstić information content (AvgIpc) is 2.88. The monoisotopic (exact) mass is 317 g/mol. The molecule has 2 aromatic rings. The van der Waals surface area contributed by atoms with Gasteiger partial charge in [-0.3, -0.25) is 0 Å². The van der Waals surface area contributed by atoms with Crippen LogP contribution in [0.2, 0.25) is 5.02 Å². The molecule has 0 aliphatic rings. The quantitative estimate of drug-likeness (QED) is 0.889. The van der Waals surface area contributed by atoms with E-state index in [0.717, 1.165) is 10.4 Å². The average molecular weight is 318 g/mol. The second kappa shape index (κ2) is 6.02. The van der Waals surface area contributed by atoms with Crippen molar-refractivity contribution in [2.24, 2.45) is 0 Å². The third-order valence-electron chi connectivity index (χ3n) is 2.38. The van der Waals surface area contributed by atoms with Crippen molar-refractivity contribution >= 4 is 33.0 Å². The Morgan fingerprint density at radius 2 is 1.84 bits per heavy atom. The van der Waals surface area contributed by atoms with Gasteiger partial charge in [-0.1, -0.05) is 23.7 Å². The van der Waals surface area contributed by atoms with Crippen LogP contribution in [0.1, 0.15) is 0 Å². The molecule has 7 heteroatoms. The molecule has 0 bridgehead atoms. The number of thiophene rings is 1. The first kappa shape index (κ1) is 14.5. The molecule has 0 radical (unpaired) electrons. The summed E-state index contributed by atoms with van der Waals surface area (Å²) in [6.45, 7) is -0.217. The van der Waals surface area contributed by atoms with Gasteiger partial charge in [0.1, 0.15) is 4.21 Å². The van der Waals surface area contributed by atoms with Gasteiger partial charge in [0.15, 0.2) is 0 Å². The van der Waals surface area contributed by atoms with Gasteiger partial charge >= 0.3 is 0 Å². The lowest BCUT2D eigenvalue weighted by molar-refractivity contribution is 0.301. The number of benzene rings is 1. The maximum atomic E-state index is 11.9. The van der Waals surface area contributed by atoms with Crippen LogP contribution < -0.4 is 4.72 Å². The van der Waals surface area contributed by atoms with Crippen molar-refractivity contribution in [1.82, 2.24) is 4.72 Å². The van der Waals surface area contributed by atoms with Gasteiger partial charge in [-0.2, -0.15) is 0 Å². The summed E-state index contributed by atoms with van der Waals surface area (Å²) in [6, 6.07) is 10.5. The molecule has 1 aromatic heterocycles. The minimum absolute atomic E-state index is 0.0104. The predicted molar refractivity (Wildman–Crippen MR) is 77.0 cm³/mol. The van der Waals surface area contributed by atoms with Crippen molar-refractivity contribution in [1.29, 1.82) is 0 Å². The molecule has 4 nitrogen and oxygen atoms in total. The molecule has 0 amide bonds. The number of aliphatic hydroxyl groups excluding tert-OH is 1. The summed E-state index contributed by atoms with van der Waals surface area (Å²) in [7, 11) is -3.54. The summed E-state index contributed by atoms with van der Waals surface area (Å²) in [5.41, 5.74) is 0.915. The molecule has 0 fully saturated rings. The Morgan fingerprint density at radius 3 is 2.47 bits per heavy atom. The summed E-state index contributed by atoms with van der Waals surface area (Å²) in [4.78, 5) is 0.848. The zero-order chi connectivity index (χ0) is 13.9. The largest absolute Gasteiger partial charge is 0.395 e. The van der Waals surface area contributed by atoms with E-state index in [1.54, 1.807) is 24.3 Å². The lowest BCUT2D eigenvalue weighted by Crippen LogP contribution is -2.25. The molecule has 0 aliphatic carbocycles. The topological polar surface area (TPSA) is 66.4 Å². The summed E-state index contributed by atoms with van der Waals surface area (Å²) in [5.74, 6) is 0. The molecule has 0 unspecified atom stereocenters. The van der Waals surface area contributed by atoms with Gasteiger partial charge in [-0.25, -0.2) is 13.1 Å². The van der Waals surface area contributed by atoms with E-state index in [1.165, 1.54) is 11.3 Å². The number of aliphatic hydroxyl groups is 1. The lowest BCUT2D eigenvalue weighted by atomic mass is 10.2. The summed E-state index contributed by atoms with van der Waals surface area (Å²) in [6.07, 6.45) is 0. The Kier molecular flexibility index (Phi) is 4.59. The van der Waals surface area contributed by atoms with Gasteiger partial charge < -0.3 is 5.11 Å². The van der Waals surface area contributed by atoms with Crippen LogP contribution in [0.5, 0.6) is 0 Å². The normalized spacial score (nSPS) is 11.7. The van der Waals surface area contributed by atoms with Gasteiger partial charge in [-0.15, -0.1) is 11.3 Å². The molecule has 0 saturated carbocycles. The van der Waals surface area contributed by atoms with E-state index in [4.69, 9.17) is 16.7 Å². The molecule has 102 valence electrons. The molecule has 1 aromatic carbocycles. The highest BCUT2D eigenvalue weighted by atomic mass is 35.5. The van der Waals surface area contributed by atoms with E-state index >= 15 is 0 Å². The van der Waals surface area contributed by atoms with E-state index in [2.05, 4.69) is 4.72 Å². The fraction of sp³-hybridized carbons (Fsp3) is 0.167. The Labute approximate surface area is 120 Å². The van der Waals surface area contributed by atoms with Crippen LogP contribution in [-0.4, -0.2) is 26.7 Å². The number of hydrogen-bond acceptors (Lipinski definition) is 4. The third kappa shape index (κ3) is 3.55. The molecule has 0 atom stereocenters. The molecular formula is C12H12ClNO3S2. The first-order valence-electron chi connectivity index (χ1n) is 5.49. The van der Waals surface area contributed by atoms with Gasteiger partial charge in [0.2, 0.25) is 10.0 Å². The van der Waals surface area contributed by atoms with Crippen molar-refractivity contribution in [2.75, 3.05) is 13.2 Å². The number of nitrogens with one attached hydrogen (secondary N) is 1. The first-order chi connectivity index (χ1) is 9.03. The molecule has 2 rings (SSSR count). The fourth-order valence-corrected chi connectivity index (χ4v) is 3.99. The number of halogens is 1. The lowest BCUT2D eigenvalue weighted by Gasteiger charge is -2.01. The minimum Gasteiger partial charge on any atom is -0.395 e. The minimum atomic E-state index is -3.54. The van der Waals surface area contributed by atoms with Crippen molar-refractivity contribution in [3.05, 3.63) is 41.4 Å². The van der Waals surface area contributed by atoms with Crippen LogP contribution in [0, 0.1) is 0 Å². The highest BCUT2D eigenvalue weighted by Gasteiger charge is 2.16.